The molecule has 1 aliphatic carbocycles. The van der Waals surface area contributed by atoms with E-state index in [-0.39, 0.29) is 11.2 Å². The van der Waals surface area contributed by atoms with E-state index in [1.165, 1.54) is 31.5 Å². The predicted octanol–water partition coefficient (Wildman–Crippen LogP) is 2.69. The topological polar surface area (TPSA) is 54.5 Å². The molecule has 6 aliphatic rings. The highest BCUT2D eigenvalue weighted by Crippen LogP contribution is 2.51. The number of benzene rings is 1. The average molecular weight is 507 g/mol. The van der Waals surface area contributed by atoms with Gasteiger partial charge in [0.25, 0.3) is 0 Å². The number of carbonyl (C=O) groups excluding carboxylic acids is 1. The summed E-state index contributed by atoms with van der Waals surface area (Å²) >= 11 is 0. The van der Waals surface area contributed by atoms with Crippen molar-refractivity contribution in [3.63, 3.8) is 0 Å². The van der Waals surface area contributed by atoms with Crippen LogP contribution in [0.1, 0.15) is 71.8 Å². The number of piperidine rings is 1. The number of ether oxygens (including phenoxy) is 1. The summed E-state index contributed by atoms with van der Waals surface area (Å²) in [5.41, 5.74) is 2.19. The SMILES string of the molecule is CC1(C)OB(c2ccc3c(c2)N([C@H]2C[C@@H](N4CCCC4)C2)C(=O)C32CCN(C3COC3)CC2)OC1(C)C. The van der Waals surface area contributed by atoms with Crippen molar-refractivity contribution in [2.24, 2.45) is 0 Å². The Morgan fingerprint density at radius 1 is 0.838 bits per heavy atom. The van der Waals surface area contributed by atoms with Gasteiger partial charge in [-0.15, -0.1) is 0 Å². The summed E-state index contributed by atoms with van der Waals surface area (Å²) < 4.78 is 18.3. The van der Waals surface area contributed by atoms with Crippen LogP contribution in [-0.4, -0.2) is 91.5 Å². The quantitative estimate of drug-likeness (QED) is 0.585. The molecule has 0 N–H and O–H groups in total. The van der Waals surface area contributed by atoms with Crippen molar-refractivity contribution < 1.29 is 18.8 Å². The first-order valence-corrected chi connectivity index (χ1v) is 14.6. The maximum absolute atomic E-state index is 14.4. The van der Waals surface area contributed by atoms with E-state index in [1.54, 1.807) is 0 Å². The minimum absolute atomic E-state index is 0.294. The van der Waals surface area contributed by atoms with Crippen LogP contribution in [0, 0.1) is 0 Å². The van der Waals surface area contributed by atoms with Gasteiger partial charge in [0.2, 0.25) is 5.91 Å². The maximum Gasteiger partial charge on any atom is 0.494 e. The number of hydrogen-bond acceptors (Lipinski definition) is 6. The first kappa shape index (κ1) is 24.6. The summed E-state index contributed by atoms with van der Waals surface area (Å²) in [5.74, 6) is 0.336. The maximum atomic E-state index is 14.4. The minimum atomic E-state index is -0.414. The summed E-state index contributed by atoms with van der Waals surface area (Å²) in [6, 6.07) is 8.06. The molecule has 8 heteroatoms. The third-order valence-electron chi connectivity index (χ3n) is 10.8. The standard InChI is InChI=1S/C29H42BN3O4/c1-27(2)28(3,4)37-30(36-27)20-7-8-24-25(15-20)33(22-16-21(17-22)31-11-5-6-12-31)26(34)29(24)9-13-32(14-10-29)23-18-35-19-23/h7-8,15,21-23H,5-6,9-14,16-19H2,1-4H3/t21-,22+. The Morgan fingerprint density at radius 3 is 2.05 bits per heavy atom. The van der Waals surface area contributed by atoms with Crippen LogP contribution in [0.2, 0.25) is 0 Å². The first-order valence-electron chi connectivity index (χ1n) is 14.6. The Hall–Kier alpha value is -1.45. The van der Waals surface area contributed by atoms with E-state index in [2.05, 4.69) is 60.6 Å². The molecule has 5 aliphatic heterocycles. The van der Waals surface area contributed by atoms with E-state index in [4.69, 9.17) is 14.0 Å². The Bertz CT molecular complexity index is 1050. The second-order valence-corrected chi connectivity index (χ2v) is 13.4. The first-order chi connectivity index (χ1) is 17.7. The molecule has 7 nitrogen and oxygen atoms in total. The molecule has 0 bridgehead atoms. The largest absolute Gasteiger partial charge is 0.494 e. The van der Waals surface area contributed by atoms with Gasteiger partial charge in [-0.25, -0.2) is 0 Å². The molecular formula is C29H42BN3O4. The van der Waals surface area contributed by atoms with Crippen LogP contribution in [0.5, 0.6) is 0 Å². The van der Waals surface area contributed by atoms with E-state index >= 15 is 0 Å². The summed E-state index contributed by atoms with van der Waals surface area (Å²) in [5, 5.41) is 0. The summed E-state index contributed by atoms with van der Waals surface area (Å²) in [6.45, 7) is 14.4. The van der Waals surface area contributed by atoms with Gasteiger partial charge in [0.05, 0.1) is 35.9 Å². The third kappa shape index (κ3) is 3.70. The number of nitrogens with zero attached hydrogens (tertiary/aromatic N) is 3. The summed E-state index contributed by atoms with van der Waals surface area (Å²) in [4.78, 5) is 21.8. The number of amides is 1. The van der Waals surface area contributed by atoms with Crippen LogP contribution in [0.4, 0.5) is 5.69 Å². The van der Waals surface area contributed by atoms with Gasteiger partial charge in [-0.2, -0.15) is 0 Å². The number of rotatable bonds is 4. The minimum Gasteiger partial charge on any atom is -0.399 e. The van der Waals surface area contributed by atoms with E-state index < -0.39 is 12.5 Å². The molecule has 1 amide bonds. The molecule has 0 radical (unpaired) electrons. The molecule has 7 rings (SSSR count). The molecule has 1 aromatic rings. The molecule has 0 unspecified atom stereocenters. The lowest BCUT2D eigenvalue weighted by molar-refractivity contribution is -0.128. The monoisotopic (exact) mass is 507 g/mol. The Kier molecular flexibility index (Phi) is 5.66. The highest BCUT2D eigenvalue weighted by atomic mass is 16.7. The zero-order valence-electron chi connectivity index (χ0n) is 23.0. The van der Waals surface area contributed by atoms with Gasteiger partial charge in [-0.1, -0.05) is 12.1 Å². The van der Waals surface area contributed by atoms with Gasteiger partial charge < -0.3 is 23.8 Å². The summed E-state index contributed by atoms with van der Waals surface area (Å²) in [6.07, 6.45) is 6.60. The second-order valence-electron chi connectivity index (χ2n) is 13.4. The average Bonchev–Trinajstić information content (AvgIpc) is 3.45. The fraction of sp³-hybridized carbons (Fsp3) is 0.759. The lowest BCUT2D eigenvalue weighted by Gasteiger charge is -2.47. The van der Waals surface area contributed by atoms with Gasteiger partial charge in [0.1, 0.15) is 0 Å². The van der Waals surface area contributed by atoms with E-state index in [1.807, 2.05) is 0 Å². The molecule has 5 fully saturated rings. The molecule has 4 saturated heterocycles. The zero-order chi connectivity index (χ0) is 25.6. The molecule has 1 saturated carbocycles. The highest BCUT2D eigenvalue weighted by Gasteiger charge is 2.57. The van der Waals surface area contributed by atoms with Gasteiger partial charge in [0.15, 0.2) is 0 Å². The van der Waals surface area contributed by atoms with Crippen molar-refractivity contribution in [2.75, 3.05) is 44.3 Å². The lowest BCUT2D eigenvalue weighted by Crippen LogP contribution is -2.59. The fourth-order valence-electron chi connectivity index (χ4n) is 7.46. The van der Waals surface area contributed by atoms with Crippen molar-refractivity contribution in [1.82, 2.24) is 9.80 Å². The molecule has 1 aromatic carbocycles. The van der Waals surface area contributed by atoms with Crippen molar-refractivity contribution in [1.29, 1.82) is 0 Å². The van der Waals surface area contributed by atoms with Gasteiger partial charge >= 0.3 is 7.12 Å². The number of anilines is 1. The number of fused-ring (bicyclic) bond motifs is 2. The second kappa shape index (κ2) is 8.53. The van der Waals surface area contributed by atoms with Crippen LogP contribution < -0.4 is 10.4 Å². The van der Waals surface area contributed by atoms with Crippen LogP contribution in [0.15, 0.2) is 18.2 Å². The van der Waals surface area contributed by atoms with Crippen molar-refractivity contribution in [3.8, 4) is 0 Å². The third-order valence-corrected chi connectivity index (χ3v) is 10.8. The van der Waals surface area contributed by atoms with E-state index in [9.17, 15) is 4.79 Å². The smallest absolute Gasteiger partial charge is 0.399 e. The van der Waals surface area contributed by atoms with Crippen LogP contribution in [0.3, 0.4) is 0 Å². The van der Waals surface area contributed by atoms with Crippen LogP contribution in [0.25, 0.3) is 0 Å². The van der Waals surface area contributed by atoms with Crippen LogP contribution in [-0.2, 0) is 24.3 Å². The van der Waals surface area contributed by atoms with Crippen molar-refractivity contribution in [2.45, 2.75) is 101 Å². The molecule has 200 valence electrons. The Labute approximate surface area is 221 Å². The number of hydrogen-bond donors (Lipinski definition) is 0. The summed E-state index contributed by atoms with van der Waals surface area (Å²) in [7, 11) is -0.414. The van der Waals surface area contributed by atoms with Gasteiger partial charge in [-0.3, -0.25) is 9.69 Å². The number of carbonyl (C=O) groups is 1. The van der Waals surface area contributed by atoms with Crippen molar-refractivity contribution in [3.05, 3.63) is 23.8 Å². The molecule has 5 heterocycles. The predicted molar refractivity (Wildman–Crippen MR) is 144 cm³/mol. The number of likely N-dealkylation sites (tertiary alicyclic amines) is 2. The lowest BCUT2D eigenvalue weighted by atomic mass is 9.71. The Balaban J connectivity index is 1.19. The highest BCUT2D eigenvalue weighted by molar-refractivity contribution is 6.62. The molecule has 0 aromatic heterocycles. The molecule has 0 atom stereocenters. The molecular weight excluding hydrogens is 465 g/mol. The van der Waals surface area contributed by atoms with Crippen LogP contribution >= 0.6 is 0 Å². The molecule has 1 spiro atoms. The van der Waals surface area contributed by atoms with E-state index in [0.717, 1.165) is 63.1 Å². The van der Waals surface area contributed by atoms with Crippen molar-refractivity contribution >= 4 is 24.2 Å². The fourth-order valence-corrected chi connectivity index (χ4v) is 7.46. The normalized spacial score (nSPS) is 33.1. The van der Waals surface area contributed by atoms with Gasteiger partial charge in [-0.05, 0) is 109 Å². The zero-order valence-corrected chi connectivity index (χ0v) is 23.0. The van der Waals surface area contributed by atoms with E-state index in [0.29, 0.717) is 24.0 Å². The molecule has 37 heavy (non-hydrogen) atoms. The Morgan fingerprint density at radius 2 is 1.46 bits per heavy atom. The van der Waals surface area contributed by atoms with Gasteiger partial charge in [0, 0.05) is 17.8 Å².